The van der Waals surface area contributed by atoms with Crippen molar-refractivity contribution in [1.82, 2.24) is 0 Å². The molecule has 1 atom stereocenters. The highest BCUT2D eigenvalue weighted by Gasteiger charge is 2.25. The molecule has 0 aliphatic heterocycles. The molecule has 0 saturated heterocycles. The Labute approximate surface area is 287 Å². The molecule has 0 aromatic heterocycles. The largest absolute Gasteiger partial charge is 0.462 e. The van der Waals surface area contributed by atoms with E-state index in [4.69, 9.17) is 26.8 Å². The molecule has 0 aromatic rings. The number of ether oxygens (including phenoxy) is 4. The van der Waals surface area contributed by atoms with Gasteiger partial charge in [0, 0.05) is 24.9 Å². The molecule has 0 spiro atoms. The van der Waals surface area contributed by atoms with Gasteiger partial charge in [-0.1, -0.05) is 142 Å². The molecule has 46 heavy (non-hydrogen) atoms. The molecule has 6 nitrogen and oxygen atoms in total. The first-order valence-corrected chi connectivity index (χ1v) is 19.4. The smallest absolute Gasteiger partial charge is 0.306 e. The molecule has 0 rings (SSSR count). The van der Waals surface area contributed by atoms with Crippen molar-refractivity contribution < 1.29 is 28.5 Å². The van der Waals surface area contributed by atoms with Gasteiger partial charge in [0.1, 0.15) is 14.5 Å². The predicted molar refractivity (Wildman–Crippen MR) is 193 cm³/mol. The van der Waals surface area contributed by atoms with Crippen LogP contribution >= 0.6 is 0 Å². The topological polar surface area (TPSA) is 71.1 Å². The van der Waals surface area contributed by atoms with Gasteiger partial charge in [-0.3, -0.25) is 9.59 Å². The van der Waals surface area contributed by atoms with Gasteiger partial charge in [0.15, 0.2) is 6.10 Å². The maximum Gasteiger partial charge on any atom is 0.306 e. The van der Waals surface area contributed by atoms with Gasteiger partial charge >= 0.3 is 11.9 Å². The van der Waals surface area contributed by atoms with Crippen LogP contribution in [-0.4, -0.2) is 56.8 Å². The van der Waals surface area contributed by atoms with Crippen molar-refractivity contribution in [2.75, 3.05) is 19.8 Å². The van der Waals surface area contributed by atoms with Crippen molar-refractivity contribution in [3.63, 3.8) is 0 Å². The summed E-state index contributed by atoms with van der Waals surface area (Å²) in [6.45, 7) is 12.7. The summed E-state index contributed by atoms with van der Waals surface area (Å²) in [4.78, 5) is 25.2. The van der Waals surface area contributed by atoms with Crippen LogP contribution in [-0.2, 0) is 28.5 Å². The SMILES string of the molecule is [B]C(C)(C)OCCC(C)(C)OCC(COC(=O)CCCCCCCCCCCCC)OC(=O)CCCCCCCCCCCCC. The monoisotopic (exact) mass is 651 g/mol. The molecular formula is C39H75BO6. The highest BCUT2D eigenvalue weighted by molar-refractivity contribution is 6.13. The van der Waals surface area contributed by atoms with Gasteiger partial charge in [0.25, 0.3) is 0 Å². The minimum Gasteiger partial charge on any atom is -0.462 e. The maximum absolute atomic E-state index is 12.7. The Bertz CT molecular complexity index is 705. The van der Waals surface area contributed by atoms with Crippen LogP contribution in [0.15, 0.2) is 0 Å². The van der Waals surface area contributed by atoms with Crippen molar-refractivity contribution in [3.05, 3.63) is 0 Å². The zero-order valence-corrected chi connectivity index (χ0v) is 31.4. The summed E-state index contributed by atoms with van der Waals surface area (Å²) in [7, 11) is 5.93. The van der Waals surface area contributed by atoms with Gasteiger partial charge in [0.2, 0.25) is 0 Å². The van der Waals surface area contributed by atoms with Gasteiger partial charge in [-0.05, 0) is 47.0 Å². The van der Waals surface area contributed by atoms with E-state index < -0.39 is 17.2 Å². The molecule has 0 fully saturated rings. The second-order valence-electron chi connectivity index (χ2n) is 14.6. The summed E-state index contributed by atoms with van der Waals surface area (Å²) < 4.78 is 23.1. The molecule has 0 aliphatic carbocycles. The standard InChI is InChI=1S/C39H75BO6/c1-7-9-11-13-15-17-19-21-23-25-27-29-36(41)43-33-35(34-45-38(3,4)31-32-44-39(5,6)40)46-37(42)30-28-26-24-22-20-18-16-14-12-10-8-2/h35H,7-34H2,1-6H3. The number of carbonyl (C=O) groups excluding carboxylic acids is 2. The third-order valence-corrected chi connectivity index (χ3v) is 8.54. The molecule has 2 radical (unpaired) electrons. The minimum atomic E-state index is -0.704. The van der Waals surface area contributed by atoms with Crippen molar-refractivity contribution in [2.45, 2.75) is 219 Å². The number of carbonyl (C=O) groups is 2. The second-order valence-corrected chi connectivity index (χ2v) is 14.6. The Morgan fingerprint density at radius 2 is 0.935 bits per heavy atom. The zero-order valence-electron chi connectivity index (χ0n) is 31.4. The highest BCUT2D eigenvalue weighted by Crippen LogP contribution is 2.19. The van der Waals surface area contributed by atoms with Crippen molar-refractivity contribution in [3.8, 4) is 0 Å². The van der Waals surface area contributed by atoms with E-state index in [2.05, 4.69) is 13.8 Å². The fraction of sp³-hybridized carbons (Fsp3) is 0.949. The average molecular weight is 651 g/mol. The van der Waals surface area contributed by atoms with Gasteiger partial charge < -0.3 is 18.9 Å². The van der Waals surface area contributed by atoms with Crippen LogP contribution < -0.4 is 0 Å². The van der Waals surface area contributed by atoms with Crippen molar-refractivity contribution in [2.24, 2.45) is 0 Å². The molecule has 0 amide bonds. The molecule has 0 aliphatic rings. The lowest BCUT2D eigenvalue weighted by atomic mass is 9.86. The van der Waals surface area contributed by atoms with Crippen LogP contribution in [0.25, 0.3) is 0 Å². The number of rotatable bonds is 34. The lowest BCUT2D eigenvalue weighted by Crippen LogP contribution is -2.36. The van der Waals surface area contributed by atoms with Crippen LogP contribution in [0.1, 0.15) is 202 Å². The number of unbranched alkanes of at least 4 members (excludes halogenated alkanes) is 20. The summed E-state index contributed by atoms with van der Waals surface area (Å²) >= 11 is 0. The zero-order chi connectivity index (χ0) is 34.4. The molecule has 0 saturated carbocycles. The lowest BCUT2D eigenvalue weighted by Gasteiger charge is -2.29. The van der Waals surface area contributed by atoms with E-state index >= 15 is 0 Å². The number of hydrogen-bond acceptors (Lipinski definition) is 6. The van der Waals surface area contributed by atoms with Crippen LogP contribution in [0.2, 0.25) is 0 Å². The Morgan fingerprint density at radius 3 is 1.35 bits per heavy atom. The lowest BCUT2D eigenvalue weighted by molar-refractivity contribution is -0.167. The minimum absolute atomic E-state index is 0.0171. The molecule has 0 heterocycles. The Morgan fingerprint density at radius 1 is 0.543 bits per heavy atom. The van der Waals surface area contributed by atoms with Gasteiger partial charge in [-0.25, -0.2) is 0 Å². The fourth-order valence-corrected chi connectivity index (χ4v) is 5.44. The normalized spacial score (nSPS) is 12.7. The Hall–Kier alpha value is -1.08. The van der Waals surface area contributed by atoms with Crippen LogP contribution in [0, 0.1) is 0 Å². The highest BCUT2D eigenvalue weighted by atomic mass is 16.6. The number of esters is 2. The van der Waals surface area contributed by atoms with Crippen LogP contribution in [0.4, 0.5) is 0 Å². The maximum atomic E-state index is 12.7. The van der Waals surface area contributed by atoms with E-state index in [1.165, 1.54) is 103 Å². The summed E-state index contributed by atoms with van der Waals surface area (Å²) in [5.41, 5.74) is -1.21. The van der Waals surface area contributed by atoms with E-state index in [0.29, 0.717) is 25.9 Å². The third kappa shape index (κ3) is 32.8. The van der Waals surface area contributed by atoms with Crippen molar-refractivity contribution in [1.29, 1.82) is 0 Å². The number of hydrogen-bond donors (Lipinski definition) is 0. The molecule has 7 heteroatoms. The average Bonchev–Trinajstić information content (AvgIpc) is 2.99. The van der Waals surface area contributed by atoms with Crippen LogP contribution in [0.3, 0.4) is 0 Å². The molecule has 0 N–H and O–H groups in total. The molecular weight excluding hydrogens is 575 g/mol. The van der Waals surface area contributed by atoms with E-state index in [9.17, 15) is 9.59 Å². The van der Waals surface area contributed by atoms with Crippen molar-refractivity contribution >= 4 is 19.8 Å². The Balaban J connectivity index is 4.43. The second kappa shape index (κ2) is 30.0. The molecule has 1 unspecified atom stereocenters. The third-order valence-electron chi connectivity index (χ3n) is 8.54. The summed E-state index contributed by atoms with van der Waals surface area (Å²) in [6.07, 6.45) is 27.9. The van der Waals surface area contributed by atoms with E-state index in [1.807, 2.05) is 27.7 Å². The molecule has 270 valence electrons. The first kappa shape index (κ1) is 44.9. The first-order valence-electron chi connectivity index (χ1n) is 19.4. The Kier molecular flexibility index (Phi) is 29.3. The van der Waals surface area contributed by atoms with Crippen LogP contribution in [0.5, 0.6) is 0 Å². The van der Waals surface area contributed by atoms with Gasteiger partial charge in [-0.2, -0.15) is 0 Å². The fourth-order valence-electron chi connectivity index (χ4n) is 5.44. The quantitative estimate of drug-likeness (QED) is 0.0392. The van der Waals surface area contributed by atoms with Gasteiger partial charge in [0.05, 0.1) is 12.2 Å². The van der Waals surface area contributed by atoms with Gasteiger partial charge in [-0.15, -0.1) is 0 Å². The summed E-state index contributed by atoms with van der Waals surface area (Å²) in [6, 6.07) is 0. The first-order chi connectivity index (χ1) is 22.0. The summed E-state index contributed by atoms with van der Waals surface area (Å²) in [5, 5.41) is 0. The molecule has 0 bridgehead atoms. The van der Waals surface area contributed by atoms with E-state index in [1.54, 1.807) is 0 Å². The summed E-state index contributed by atoms with van der Waals surface area (Å²) in [5.74, 6) is -0.489. The van der Waals surface area contributed by atoms with E-state index in [-0.39, 0.29) is 25.2 Å². The predicted octanol–water partition coefficient (Wildman–Crippen LogP) is 11.0. The molecule has 0 aromatic carbocycles. The van der Waals surface area contributed by atoms with E-state index in [0.717, 1.165) is 38.5 Å².